The number of amides is 3. The number of alkyl carbamates (subject to hydrolysis) is 1. The molecule has 1 aromatic carbocycles. The minimum absolute atomic E-state index is 0.00611. The maximum atomic E-state index is 14.9. The molecule has 354 valence electrons. The van der Waals surface area contributed by atoms with E-state index in [1.54, 1.807) is 21.0 Å². The van der Waals surface area contributed by atoms with Gasteiger partial charge in [0, 0.05) is 41.3 Å². The Morgan fingerprint density at radius 1 is 1.00 bits per heavy atom. The van der Waals surface area contributed by atoms with Crippen LogP contribution in [0.4, 0.5) is 9.93 Å². The van der Waals surface area contributed by atoms with Crippen LogP contribution in [0.15, 0.2) is 41.8 Å². The molecule has 4 heterocycles. The summed E-state index contributed by atoms with van der Waals surface area (Å²) in [7, 11) is -1.93. The van der Waals surface area contributed by atoms with Crippen molar-refractivity contribution in [2.24, 2.45) is 5.92 Å². The maximum Gasteiger partial charge on any atom is 0.408 e. The van der Waals surface area contributed by atoms with Crippen molar-refractivity contribution < 1.29 is 51.7 Å². The Hall–Kier alpha value is -4.77. The average Bonchev–Trinajstić information content (AvgIpc) is 3.70. The SMILES string of the molecule is CCOP(=O)(CCOC(=O)[C@@]12C[C@H]1/C=C\CCCCC[C@H](NC(=O)OC1CCCC1)C(=O)N1C[C@H](Oc3cc(-c4csc(NC(C)C)n4)nc4cc(OC)ccc34)C[C@H]1C(=O)N2)OCC. The third kappa shape index (κ3) is 12.0. The zero-order chi connectivity index (χ0) is 46.1. The monoisotopic (exact) mass is 938 g/mol. The molecule has 19 heteroatoms. The first kappa shape index (κ1) is 48.2. The van der Waals surface area contributed by atoms with Crippen molar-refractivity contribution in [1.29, 1.82) is 0 Å². The molecule has 2 aliphatic heterocycles. The number of carbonyl (C=O) groups excluding carboxylic acids is 4. The normalized spacial score (nSPS) is 24.6. The van der Waals surface area contributed by atoms with Crippen LogP contribution in [0.5, 0.6) is 11.5 Å². The van der Waals surface area contributed by atoms with Crippen molar-refractivity contribution in [3.8, 4) is 22.9 Å². The fourth-order valence-corrected chi connectivity index (χ4v) is 11.1. The number of fused-ring (bicyclic) bond motifs is 3. The van der Waals surface area contributed by atoms with E-state index in [0.717, 1.165) is 50.1 Å². The van der Waals surface area contributed by atoms with E-state index in [-0.39, 0.29) is 63.4 Å². The fraction of sp³-hybridized carbons (Fsp3) is 0.609. The van der Waals surface area contributed by atoms with Crippen LogP contribution >= 0.6 is 18.9 Å². The number of benzene rings is 1. The molecule has 7 rings (SSSR count). The smallest absolute Gasteiger partial charge is 0.408 e. The van der Waals surface area contributed by atoms with Crippen LogP contribution in [-0.4, -0.2) is 114 Å². The quantitative estimate of drug-likeness (QED) is 0.0713. The minimum Gasteiger partial charge on any atom is -0.497 e. The molecule has 2 aromatic heterocycles. The molecule has 5 atom stereocenters. The highest BCUT2D eigenvalue weighted by atomic mass is 32.1. The standard InChI is InChI=1S/C46H63N6O11PS/c1-6-60-64(57,61-7-2)22-21-59-43(55)46-26-30(46)15-11-9-8-10-12-18-35(50-45(56)63-31-16-13-14-17-31)42(54)52-27-33(24-39(52)41(53)51-46)62-40-25-37(38-28-65-44(49-38)47-29(3)4)48-36-23-32(58-5)19-20-34(36)40/h11,15,19-20,23,25,28-31,33,35,39H,6-10,12-14,16-18,21-22,24,26-27H2,1-5H3,(H,47,49)(H,50,56)(H,51,53)/b15-11-/t30-,33-,35+,39+,46-/m1/s1. The Kier molecular flexibility index (Phi) is 16.1. The summed E-state index contributed by atoms with van der Waals surface area (Å²) in [6, 6.07) is 5.41. The summed E-state index contributed by atoms with van der Waals surface area (Å²) in [6.07, 6.45) is 9.37. The summed E-state index contributed by atoms with van der Waals surface area (Å²) < 4.78 is 47.8. The van der Waals surface area contributed by atoms with Gasteiger partial charge in [-0.05, 0) is 91.2 Å². The number of pyridine rings is 1. The molecule has 0 unspecified atom stereocenters. The van der Waals surface area contributed by atoms with Crippen molar-refractivity contribution in [1.82, 2.24) is 25.5 Å². The van der Waals surface area contributed by atoms with E-state index in [1.165, 1.54) is 16.2 Å². The van der Waals surface area contributed by atoms with E-state index in [9.17, 15) is 23.7 Å². The number of nitrogens with zero attached hydrogens (tertiary/aromatic N) is 3. The molecule has 4 aliphatic rings. The van der Waals surface area contributed by atoms with Crippen LogP contribution in [-0.2, 0) is 37.5 Å². The zero-order valence-electron chi connectivity index (χ0n) is 38.0. The van der Waals surface area contributed by atoms with E-state index in [4.69, 9.17) is 38.0 Å². The number of hydrogen-bond acceptors (Lipinski definition) is 15. The molecule has 3 N–H and O–H groups in total. The lowest BCUT2D eigenvalue weighted by Crippen LogP contribution is -2.56. The molecule has 3 aromatic rings. The van der Waals surface area contributed by atoms with Gasteiger partial charge < -0.3 is 48.8 Å². The van der Waals surface area contributed by atoms with Crippen molar-refractivity contribution in [3.63, 3.8) is 0 Å². The number of methoxy groups -OCH3 is 1. The molecule has 65 heavy (non-hydrogen) atoms. The van der Waals surface area contributed by atoms with Crippen molar-refractivity contribution in [2.75, 3.05) is 45.0 Å². The molecule has 1 saturated heterocycles. The number of hydrogen-bond donors (Lipinski definition) is 3. The van der Waals surface area contributed by atoms with Gasteiger partial charge in [-0.3, -0.25) is 14.2 Å². The van der Waals surface area contributed by atoms with Gasteiger partial charge in [-0.2, -0.15) is 0 Å². The van der Waals surface area contributed by atoms with Gasteiger partial charge >= 0.3 is 19.7 Å². The van der Waals surface area contributed by atoms with Gasteiger partial charge in [-0.1, -0.05) is 25.0 Å². The number of thiazole rings is 1. The van der Waals surface area contributed by atoms with Crippen molar-refractivity contribution in [2.45, 2.75) is 134 Å². The fourth-order valence-electron chi connectivity index (χ4n) is 8.82. The number of carbonyl (C=O) groups is 4. The summed E-state index contributed by atoms with van der Waals surface area (Å²) in [5.74, 6) is -0.984. The van der Waals surface area contributed by atoms with E-state index in [1.807, 2.05) is 55.6 Å². The summed E-state index contributed by atoms with van der Waals surface area (Å²) in [5.41, 5.74) is 0.385. The minimum atomic E-state index is -3.51. The number of nitrogens with one attached hydrogen (secondary N) is 3. The first-order valence-electron chi connectivity index (χ1n) is 23.0. The Morgan fingerprint density at radius 2 is 1.77 bits per heavy atom. The number of allylic oxidation sites excluding steroid dienone is 1. The Bertz CT molecular complexity index is 2240. The summed E-state index contributed by atoms with van der Waals surface area (Å²) >= 11 is 1.46. The van der Waals surface area contributed by atoms with Crippen LogP contribution < -0.4 is 25.4 Å². The van der Waals surface area contributed by atoms with Gasteiger partial charge in [0.25, 0.3) is 0 Å². The first-order chi connectivity index (χ1) is 31.3. The van der Waals surface area contributed by atoms with Gasteiger partial charge in [-0.15, -0.1) is 11.3 Å². The van der Waals surface area contributed by atoms with Crippen LogP contribution in [0.2, 0.25) is 0 Å². The van der Waals surface area contributed by atoms with E-state index < -0.39 is 55.2 Å². The zero-order valence-corrected chi connectivity index (χ0v) is 39.7. The van der Waals surface area contributed by atoms with E-state index in [2.05, 4.69) is 16.0 Å². The summed E-state index contributed by atoms with van der Waals surface area (Å²) in [6.45, 7) is 7.56. The predicted molar refractivity (Wildman–Crippen MR) is 246 cm³/mol. The Labute approximate surface area is 384 Å². The number of ether oxygens (including phenoxy) is 4. The summed E-state index contributed by atoms with van der Waals surface area (Å²) in [5, 5.41) is 12.6. The van der Waals surface area contributed by atoms with Crippen LogP contribution in [0, 0.1) is 5.92 Å². The Balaban J connectivity index is 1.19. The van der Waals surface area contributed by atoms with Crippen LogP contribution in [0.3, 0.4) is 0 Å². The third-order valence-electron chi connectivity index (χ3n) is 12.2. The second kappa shape index (κ2) is 21.7. The number of aromatic nitrogens is 2. The van der Waals surface area contributed by atoms with Gasteiger partial charge in [0.2, 0.25) is 11.8 Å². The molecule has 0 bridgehead atoms. The highest BCUT2D eigenvalue weighted by Crippen LogP contribution is 2.49. The highest BCUT2D eigenvalue weighted by molar-refractivity contribution is 7.53. The predicted octanol–water partition coefficient (Wildman–Crippen LogP) is 7.78. The average molecular weight is 939 g/mol. The lowest BCUT2D eigenvalue weighted by atomic mass is 10.0. The van der Waals surface area contributed by atoms with Gasteiger partial charge in [0.05, 0.1) is 44.2 Å². The van der Waals surface area contributed by atoms with E-state index in [0.29, 0.717) is 46.6 Å². The summed E-state index contributed by atoms with van der Waals surface area (Å²) in [4.78, 5) is 68.1. The molecular weight excluding hydrogens is 876 g/mol. The van der Waals surface area contributed by atoms with Crippen molar-refractivity contribution in [3.05, 3.63) is 41.8 Å². The largest absolute Gasteiger partial charge is 0.497 e. The second-order valence-electron chi connectivity index (χ2n) is 17.4. The Morgan fingerprint density at radius 3 is 2.51 bits per heavy atom. The molecule has 0 radical (unpaired) electrons. The molecule has 2 aliphatic carbocycles. The number of rotatable bonds is 16. The molecule has 17 nitrogen and oxygen atoms in total. The molecular formula is C46H63N6O11PS. The van der Waals surface area contributed by atoms with Crippen LogP contribution in [0.1, 0.15) is 98.3 Å². The van der Waals surface area contributed by atoms with E-state index >= 15 is 0 Å². The second-order valence-corrected chi connectivity index (χ2v) is 20.4. The van der Waals surface area contributed by atoms with Gasteiger partial charge in [-0.25, -0.2) is 19.6 Å². The molecule has 3 fully saturated rings. The lowest BCUT2D eigenvalue weighted by Gasteiger charge is -2.30. The third-order valence-corrected chi connectivity index (χ3v) is 15.0. The maximum absolute atomic E-state index is 14.9. The number of anilines is 1. The molecule has 2 saturated carbocycles. The first-order valence-corrected chi connectivity index (χ1v) is 25.6. The highest BCUT2D eigenvalue weighted by Gasteiger charge is 2.62. The van der Waals surface area contributed by atoms with Gasteiger partial charge in [0.15, 0.2) is 5.13 Å². The lowest BCUT2D eigenvalue weighted by molar-refractivity contribution is -0.150. The number of esters is 1. The van der Waals surface area contributed by atoms with Gasteiger partial charge in [0.1, 0.15) is 53.6 Å². The molecule has 0 spiro atoms. The van der Waals surface area contributed by atoms with Crippen LogP contribution in [0.25, 0.3) is 22.3 Å². The van der Waals surface area contributed by atoms with Crippen molar-refractivity contribution >= 4 is 58.8 Å². The topological polar surface area (TPSA) is 206 Å². The molecule has 3 amide bonds.